The molecular formula is C31H32ClN3O3S. The van der Waals surface area contributed by atoms with E-state index in [1.807, 2.05) is 23.1 Å². The van der Waals surface area contributed by atoms with Crippen molar-refractivity contribution < 1.29 is 14.3 Å². The number of hydrogen-bond acceptors (Lipinski definition) is 6. The van der Waals surface area contributed by atoms with Gasteiger partial charge in [0.1, 0.15) is 4.83 Å². The molecule has 202 valence electrons. The van der Waals surface area contributed by atoms with Gasteiger partial charge in [-0.2, -0.15) is 0 Å². The van der Waals surface area contributed by atoms with Crippen LogP contribution in [0.4, 0.5) is 0 Å². The van der Waals surface area contributed by atoms with Crippen molar-refractivity contribution >= 4 is 39.1 Å². The van der Waals surface area contributed by atoms with Crippen molar-refractivity contribution in [2.24, 2.45) is 0 Å². The predicted octanol–water partition coefficient (Wildman–Crippen LogP) is 6.70. The molecule has 1 saturated heterocycles. The van der Waals surface area contributed by atoms with Crippen molar-refractivity contribution in [2.45, 2.75) is 51.9 Å². The van der Waals surface area contributed by atoms with Crippen LogP contribution in [0.5, 0.6) is 11.5 Å². The molecule has 0 spiro atoms. The first kappa shape index (κ1) is 26.1. The van der Waals surface area contributed by atoms with E-state index in [1.54, 1.807) is 25.6 Å². The van der Waals surface area contributed by atoms with Crippen molar-refractivity contribution in [3.8, 4) is 22.6 Å². The number of aromatic nitrogens is 1. The van der Waals surface area contributed by atoms with Gasteiger partial charge in [-0.25, -0.2) is 4.98 Å². The maximum absolute atomic E-state index is 12.6. The first-order valence-corrected chi connectivity index (χ1v) is 14.6. The molecule has 4 aromatic rings. The third-order valence-corrected chi connectivity index (χ3v) is 9.46. The Kier molecular flexibility index (Phi) is 7.23. The summed E-state index contributed by atoms with van der Waals surface area (Å²) in [5.41, 5.74) is 5.32. The van der Waals surface area contributed by atoms with E-state index in [1.165, 1.54) is 16.0 Å². The summed E-state index contributed by atoms with van der Waals surface area (Å²) < 4.78 is 11.1. The molecule has 4 heterocycles. The van der Waals surface area contributed by atoms with E-state index in [9.17, 15) is 4.79 Å². The fourth-order valence-corrected chi connectivity index (χ4v) is 7.43. The van der Waals surface area contributed by atoms with Gasteiger partial charge in [0.15, 0.2) is 11.5 Å². The number of amides is 1. The summed E-state index contributed by atoms with van der Waals surface area (Å²) in [6.45, 7) is 5.28. The molecule has 1 unspecified atom stereocenters. The Morgan fingerprint density at radius 2 is 1.85 bits per heavy atom. The third-order valence-electron chi connectivity index (χ3n) is 7.95. The summed E-state index contributed by atoms with van der Waals surface area (Å²) in [7, 11) is 3.28. The normalized spacial score (nSPS) is 17.6. The zero-order valence-corrected chi connectivity index (χ0v) is 24.1. The van der Waals surface area contributed by atoms with Crippen LogP contribution < -0.4 is 9.47 Å². The molecule has 6 nitrogen and oxygen atoms in total. The topological polar surface area (TPSA) is 54.9 Å². The molecule has 2 aromatic carbocycles. The number of carbonyl (C=O) groups is 1. The highest BCUT2D eigenvalue weighted by molar-refractivity contribution is 7.19. The molecular weight excluding hydrogens is 530 g/mol. The van der Waals surface area contributed by atoms with Crippen LogP contribution in [0, 0.1) is 0 Å². The van der Waals surface area contributed by atoms with Gasteiger partial charge >= 0.3 is 0 Å². The number of pyridine rings is 1. The van der Waals surface area contributed by atoms with E-state index in [0.29, 0.717) is 29.5 Å². The van der Waals surface area contributed by atoms with Crippen LogP contribution in [0.3, 0.4) is 0 Å². The molecule has 0 aliphatic carbocycles. The molecule has 8 heteroatoms. The fraction of sp³-hybridized carbons (Fsp3) is 0.355. The second-order valence-electron chi connectivity index (χ2n) is 10.4. The number of halogens is 1. The summed E-state index contributed by atoms with van der Waals surface area (Å²) in [4.78, 5) is 24.5. The zero-order chi connectivity index (χ0) is 27.1. The minimum Gasteiger partial charge on any atom is -0.493 e. The molecule has 2 aromatic heterocycles. The van der Waals surface area contributed by atoms with Gasteiger partial charge in [-0.3, -0.25) is 9.69 Å². The number of hydrogen-bond donors (Lipinski definition) is 0. The molecule has 0 N–H and O–H groups in total. The number of methoxy groups -OCH3 is 2. The van der Waals surface area contributed by atoms with Crippen molar-refractivity contribution in [1.29, 1.82) is 0 Å². The summed E-state index contributed by atoms with van der Waals surface area (Å²) in [5, 5.41) is 1.73. The number of ether oxygens (including phenoxy) is 2. The molecule has 2 aliphatic heterocycles. The SMILES string of the molecule is COc1ccc(-c2c(Cl)c(CN3C(=O)CCC3C)nc3sc4c(c23)CCN(Cc2ccccc2)C4)cc1OC. The summed E-state index contributed by atoms with van der Waals surface area (Å²) in [5.74, 6) is 1.48. The second kappa shape index (κ2) is 10.8. The fourth-order valence-electron chi connectivity index (χ4n) is 5.83. The maximum atomic E-state index is 12.6. The molecule has 39 heavy (non-hydrogen) atoms. The lowest BCUT2D eigenvalue weighted by molar-refractivity contribution is -0.129. The van der Waals surface area contributed by atoms with Crippen molar-refractivity contribution in [1.82, 2.24) is 14.8 Å². The van der Waals surface area contributed by atoms with Crippen LogP contribution in [0.1, 0.15) is 41.5 Å². The predicted molar refractivity (Wildman–Crippen MR) is 157 cm³/mol. The van der Waals surface area contributed by atoms with Gasteiger partial charge in [-0.05, 0) is 48.6 Å². The third kappa shape index (κ3) is 4.88. The summed E-state index contributed by atoms with van der Waals surface area (Å²) in [6.07, 6.45) is 2.38. The summed E-state index contributed by atoms with van der Waals surface area (Å²) >= 11 is 8.97. The highest BCUT2D eigenvalue weighted by Gasteiger charge is 2.31. The van der Waals surface area contributed by atoms with Crippen LogP contribution in [0.15, 0.2) is 48.5 Å². The monoisotopic (exact) mass is 561 g/mol. The van der Waals surface area contributed by atoms with E-state index < -0.39 is 0 Å². The first-order chi connectivity index (χ1) is 19.0. The number of likely N-dealkylation sites (tertiary alicyclic amines) is 1. The first-order valence-electron chi connectivity index (χ1n) is 13.4. The van der Waals surface area contributed by atoms with Gasteiger partial charge in [0.2, 0.25) is 5.91 Å². The van der Waals surface area contributed by atoms with Crippen LogP contribution in [0.2, 0.25) is 5.02 Å². The molecule has 0 radical (unpaired) electrons. The van der Waals surface area contributed by atoms with E-state index in [4.69, 9.17) is 26.1 Å². The molecule has 0 bridgehead atoms. The van der Waals surface area contributed by atoms with E-state index >= 15 is 0 Å². The van der Waals surface area contributed by atoms with Crippen molar-refractivity contribution in [3.05, 3.63) is 75.3 Å². The van der Waals surface area contributed by atoms with Crippen LogP contribution in [-0.4, -0.2) is 47.5 Å². The minimum atomic E-state index is 0.162. The van der Waals surface area contributed by atoms with Crippen molar-refractivity contribution in [3.63, 3.8) is 0 Å². The number of carbonyl (C=O) groups excluding carboxylic acids is 1. The Morgan fingerprint density at radius 3 is 2.56 bits per heavy atom. The van der Waals surface area contributed by atoms with Crippen molar-refractivity contribution in [2.75, 3.05) is 20.8 Å². The lowest BCUT2D eigenvalue weighted by Crippen LogP contribution is -2.30. The molecule has 0 saturated carbocycles. The van der Waals surface area contributed by atoms with Gasteiger partial charge in [0.05, 0.1) is 31.5 Å². The Labute approximate surface area is 238 Å². The Hall–Kier alpha value is -3.13. The van der Waals surface area contributed by atoms with Gasteiger partial charge in [0.25, 0.3) is 0 Å². The average Bonchev–Trinajstić information content (AvgIpc) is 3.47. The lowest BCUT2D eigenvalue weighted by atomic mass is 9.95. The highest BCUT2D eigenvalue weighted by Crippen LogP contribution is 2.46. The number of rotatable bonds is 7. The highest BCUT2D eigenvalue weighted by atomic mass is 35.5. The molecule has 1 amide bonds. The Morgan fingerprint density at radius 1 is 1.05 bits per heavy atom. The standard InChI is InChI=1S/C31H32ClN3O3S/c1-19-9-12-27(36)35(19)17-23-30(32)28(21-10-11-24(37-2)25(15-21)38-3)29-22-13-14-34(16-20-7-5-4-6-8-20)18-26(22)39-31(29)33-23/h4-8,10-11,15,19H,9,12-14,16-18H2,1-3H3. The average molecular weight is 562 g/mol. The Balaban J connectivity index is 1.47. The lowest BCUT2D eigenvalue weighted by Gasteiger charge is -2.27. The van der Waals surface area contributed by atoms with Gasteiger partial charge in [-0.15, -0.1) is 11.3 Å². The molecule has 1 atom stereocenters. The van der Waals surface area contributed by atoms with Gasteiger partial charge < -0.3 is 14.4 Å². The smallest absolute Gasteiger partial charge is 0.223 e. The molecule has 6 rings (SSSR count). The van der Waals surface area contributed by atoms with E-state index in [2.05, 4.69) is 42.2 Å². The van der Waals surface area contributed by atoms with Crippen LogP contribution >= 0.6 is 22.9 Å². The van der Waals surface area contributed by atoms with Crippen LogP contribution in [0.25, 0.3) is 21.3 Å². The van der Waals surface area contributed by atoms with Gasteiger partial charge in [-0.1, -0.05) is 48.0 Å². The van der Waals surface area contributed by atoms with Gasteiger partial charge in [0, 0.05) is 47.9 Å². The number of thiophene rings is 1. The Bertz CT molecular complexity index is 1540. The second-order valence-corrected chi connectivity index (χ2v) is 11.8. The zero-order valence-electron chi connectivity index (χ0n) is 22.5. The molecule has 1 fully saturated rings. The maximum Gasteiger partial charge on any atom is 0.223 e. The number of nitrogens with zero attached hydrogens (tertiary/aromatic N) is 3. The van der Waals surface area contributed by atoms with Crippen LogP contribution in [-0.2, 0) is 30.8 Å². The van der Waals surface area contributed by atoms with E-state index in [-0.39, 0.29) is 11.9 Å². The number of benzene rings is 2. The van der Waals surface area contributed by atoms with E-state index in [0.717, 1.165) is 59.5 Å². The number of fused-ring (bicyclic) bond motifs is 3. The summed E-state index contributed by atoms with van der Waals surface area (Å²) in [6, 6.07) is 16.7. The molecule has 2 aliphatic rings. The largest absolute Gasteiger partial charge is 0.493 e. The quantitative estimate of drug-likeness (QED) is 0.251. The minimum absolute atomic E-state index is 0.162.